The average Bonchev–Trinajstić information content (AvgIpc) is 2.45. The van der Waals surface area contributed by atoms with Gasteiger partial charge in [0.1, 0.15) is 6.29 Å². The van der Waals surface area contributed by atoms with Gasteiger partial charge in [0.25, 0.3) is 0 Å². The first-order valence-electron chi connectivity index (χ1n) is 6.55. The number of rotatable bonds is 9. The molecule has 0 radical (unpaired) electrons. The Morgan fingerprint density at radius 2 is 1.95 bits per heavy atom. The summed E-state index contributed by atoms with van der Waals surface area (Å²) >= 11 is 0. The third-order valence-electron chi connectivity index (χ3n) is 2.85. The van der Waals surface area contributed by atoms with Gasteiger partial charge in [0.05, 0.1) is 10.9 Å². The summed E-state index contributed by atoms with van der Waals surface area (Å²) in [5.74, 6) is -0.251. The van der Waals surface area contributed by atoms with Crippen LogP contribution >= 0.6 is 0 Å². The van der Waals surface area contributed by atoms with E-state index >= 15 is 0 Å². The highest BCUT2D eigenvalue weighted by Gasteiger charge is 2.24. The van der Waals surface area contributed by atoms with E-state index in [0.717, 1.165) is 6.42 Å². The topological polar surface area (TPSA) is 80.3 Å². The molecule has 0 bridgehead atoms. The van der Waals surface area contributed by atoms with Gasteiger partial charge < -0.3 is 4.79 Å². The quantitative estimate of drug-likeness (QED) is 0.703. The number of aldehydes is 1. The number of carbonyl (C=O) groups excluding carboxylic acids is 2. The summed E-state index contributed by atoms with van der Waals surface area (Å²) in [5.41, 5.74) is 0. The van der Waals surface area contributed by atoms with Crippen molar-refractivity contribution in [2.75, 3.05) is 0 Å². The number of nitrogens with one attached hydrogen (secondary N) is 1. The molecular formula is C14H19NO4S. The Labute approximate surface area is 119 Å². The van der Waals surface area contributed by atoms with Crippen molar-refractivity contribution in [2.45, 2.75) is 43.5 Å². The zero-order chi connectivity index (χ0) is 15.0. The summed E-state index contributed by atoms with van der Waals surface area (Å²) in [4.78, 5) is 22.6. The minimum absolute atomic E-state index is 0.0826. The van der Waals surface area contributed by atoms with E-state index in [1.54, 1.807) is 18.2 Å². The van der Waals surface area contributed by atoms with Crippen molar-refractivity contribution in [3.05, 3.63) is 30.3 Å². The molecule has 1 atom stereocenters. The summed E-state index contributed by atoms with van der Waals surface area (Å²) in [6.07, 6.45) is 2.20. The van der Waals surface area contributed by atoms with Crippen LogP contribution in [-0.2, 0) is 19.6 Å². The molecule has 0 saturated carbocycles. The van der Waals surface area contributed by atoms with Crippen molar-refractivity contribution in [3.8, 4) is 0 Å². The van der Waals surface area contributed by atoms with Crippen molar-refractivity contribution in [1.82, 2.24) is 4.72 Å². The van der Waals surface area contributed by atoms with Crippen molar-refractivity contribution in [3.63, 3.8) is 0 Å². The number of Topliss-reactive ketones (excluding diaryl/α,β-unsaturated/α-hetero) is 1. The summed E-state index contributed by atoms with van der Waals surface area (Å²) in [6.45, 7) is 1.94. The third kappa shape index (κ3) is 4.86. The van der Waals surface area contributed by atoms with E-state index in [0.29, 0.717) is 12.7 Å². The van der Waals surface area contributed by atoms with E-state index in [2.05, 4.69) is 4.72 Å². The SMILES string of the molecule is CCCCC(=O)C(CC=O)NS(=O)(=O)c1ccccc1. The van der Waals surface area contributed by atoms with Gasteiger partial charge in [-0.2, -0.15) is 0 Å². The van der Waals surface area contributed by atoms with Crippen molar-refractivity contribution in [1.29, 1.82) is 0 Å². The number of carbonyl (C=O) groups is 2. The molecule has 1 aromatic carbocycles. The van der Waals surface area contributed by atoms with Crippen LogP contribution in [0.3, 0.4) is 0 Å². The fraction of sp³-hybridized carbons (Fsp3) is 0.429. The molecule has 1 aromatic rings. The van der Waals surface area contributed by atoms with Crippen LogP contribution in [0.5, 0.6) is 0 Å². The monoisotopic (exact) mass is 297 g/mol. The van der Waals surface area contributed by atoms with Crippen LogP contribution in [0.25, 0.3) is 0 Å². The molecule has 1 unspecified atom stereocenters. The normalized spacial score (nSPS) is 12.8. The van der Waals surface area contributed by atoms with Gasteiger partial charge >= 0.3 is 0 Å². The summed E-state index contributed by atoms with van der Waals surface area (Å²) in [6, 6.07) is 6.80. The van der Waals surface area contributed by atoms with Gasteiger partial charge in [-0.05, 0) is 18.6 Å². The first kappa shape index (κ1) is 16.5. The van der Waals surface area contributed by atoms with Gasteiger partial charge in [-0.1, -0.05) is 31.5 Å². The zero-order valence-corrected chi connectivity index (χ0v) is 12.2. The van der Waals surface area contributed by atoms with Gasteiger partial charge in [-0.25, -0.2) is 13.1 Å². The summed E-state index contributed by atoms with van der Waals surface area (Å²) in [7, 11) is -3.78. The molecule has 0 saturated heterocycles. The third-order valence-corrected chi connectivity index (χ3v) is 4.34. The predicted octanol–water partition coefficient (Wildman–Crippen LogP) is 1.68. The van der Waals surface area contributed by atoms with Gasteiger partial charge in [-0.3, -0.25) is 4.79 Å². The molecule has 0 amide bonds. The highest BCUT2D eigenvalue weighted by atomic mass is 32.2. The molecule has 20 heavy (non-hydrogen) atoms. The molecule has 0 aliphatic heterocycles. The lowest BCUT2D eigenvalue weighted by molar-refractivity contribution is -0.122. The summed E-state index contributed by atoms with van der Waals surface area (Å²) < 4.78 is 26.5. The van der Waals surface area contributed by atoms with Crippen LogP contribution in [0.15, 0.2) is 35.2 Å². The zero-order valence-electron chi connectivity index (χ0n) is 11.4. The van der Waals surface area contributed by atoms with Crippen LogP contribution in [-0.4, -0.2) is 26.5 Å². The van der Waals surface area contributed by atoms with Crippen molar-refractivity contribution in [2.24, 2.45) is 0 Å². The number of hydrogen-bond donors (Lipinski definition) is 1. The Bertz CT molecular complexity index is 540. The number of hydrogen-bond acceptors (Lipinski definition) is 4. The number of benzene rings is 1. The minimum atomic E-state index is -3.78. The van der Waals surface area contributed by atoms with Crippen LogP contribution < -0.4 is 4.72 Å². The maximum Gasteiger partial charge on any atom is 0.241 e. The summed E-state index contributed by atoms with van der Waals surface area (Å²) in [5, 5.41) is 0. The van der Waals surface area contributed by atoms with E-state index in [1.807, 2.05) is 6.92 Å². The van der Waals surface area contributed by atoms with E-state index in [4.69, 9.17) is 0 Å². The van der Waals surface area contributed by atoms with E-state index < -0.39 is 16.1 Å². The molecule has 6 heteroatoms. The van der Waals surface area contributed by atoms with Crippen LogP contribution in [0, 0.1) is 0 Å². The Hall–Kier alpha value is -1.53. The largest absolute Gasteiger partial charge is 0.303 e. The van der Waals surface area contributed by atoms with Crippen LogP contribution in [0.1, 0.15) is 32.6 Å². The smallest absolute Gasteiger partial charge is 0.241 e. The van der Waals surface area contributed by atoms with Gasteiger partial charge in [0.2, 0.25) is 10.0 Å². The lowest BCUT2D eigenvalue weighted by Gasteiger charge is -2.15. The second kappa shape index (κ2) is 7.91. The molecule has 0 aliphatic rings. The van der Waals surface area contributed by atoms with E-state index in [1.165, 1.54) is 12.1 Å². The lowest BCUT2D eigenvalue weighted by atomic mass is 10.1. The molecule has 0 spiro atoms. The predicted molar refractivity (Wildman–Crippen MR) is 75.8 cm³/mol. The van der Waals surface area contributed by atoms with E-state index in [-0.39, 0.29) is 23.5 Å². The molecule has 0 fully saturated rings. The molecule has 0 aliphatic carbocycles. The Kier molecular flexibility index (Phi) is 6.54. The Balaban J connectivity index is 2.84. The maximum atomic E-state index is 12.1. The average molecular weight is 297 g/mol. The maximum absolute atomic E-state index is 12.1. The molecule has 1 N–H and O–H groups in total. The minimum Gasteiger partial charge on any atom is -0.303 e. The van der Waals surface area contributed by atoms with Crippen molar-refractivity contribution >= 4 is 22.1 Å². The molecule has 1 rings (SSSR count). The Morgan fingerprint density at radius 1 is 1.30 bits per heavy atom. The second-order valence-corrected chi connectivity index (χ2v) is 6.17. The molecule has 0 aromatic heterocycles. The van der Waals surface area contributed by atoms with Crippen LogP contribution in [0.2, 0.25) is 0 Å². The molecule has 0 heterocycles. The van der Waals surface area contributed by atoms with Crippen LogP contribution in [0.4, 0.5) is 0 Å². The Morgan fingerprint density at radius 3 is 2.50 bits per heavy atom. The van der Waals surface area contributed by atoms with Crippen molar-refractivity contribution < 1.29 is 18.0 Å². The fourth-order valence-electron chi connectivity index (χ4n) is 1.72. The van der Waals surface area contributed by atoms with Gasteiger partial charge in [0.15, 0.2) is 5.78 Å². The second-order valence-electron chi connectivity index (χ2n) is 4.46. The molecular weight excluding hydrogens is 278 g/mol. The van der Waals surface area contributed by atoms with Gasteiger partial charge in [-0.15, -0.1) is 0 Å². The first-order valence-corrected chi connectivity index (χ1v) is 8.03. The number of sulfonamides is 1. The number of unbranched alkanes of at least 4 members (excludes halogenated alkanes) is 1. The van der Waals surface area contributed by atoms with E-state index in [9.17, 15) is 18.0 Å². The highest BCUT2D eigenvalue weighted by Crippen LogP contribution is 2.10. The first-order chi connectivity index (χ1) is 9.51. The lowest BCUT2D eigenvalue weighted by Crippen LogP contribution is -2.41. The number of ketones is 1. The molecule has 110 valence electrons. The highest BCUT2D eigenvalue weighted by molar-refractivity contribution is 7.89. The molecule has 5 nitrogen and oxygen atoms in total. The fourth-order valence-corrected chi connectivity index (χ4v) is 2.98. The van der Waals surface area contributed by atoms with Gasteiger partial charge in [0, 0.05) is 12.8 Å². The standard InChI is InChI=1S/C14H19NO4S/c1-2-3-9-14(17)13(10-11-16)15-20(18,19)12-7-5-4-6-8-12/h4-8,11,13,15H,2-3,9-10H2,1H3.